The van der Waals surface area contributed by atoms with Crippen LogP contribution in [0.1, 0.15) is 86.2 Å². The van der Waals surface area contributed by atoms with E-state index in [0.717, 1.165) is 35.4 Å². The summed E-state index contributed by atoms with van der Waals surface area (Å²) in [7, 11) is 0. The summed E-state index contributed by atoms with van der Waals surface area (Å²) in [4.78, 5) is 41.3. The van der Waals surface area contributed by atoms with Crippen molar-refractivity contribution in [3.8, 4) is 34.9 Å². The first-order valence-corrected chi connectivity index (χ1v) is 19.7. The minimum atomic E-state index is -0.273. The van der Waals surface area contributed by atoms with Crippen LogP contribution >= 0.6 is 11.6 Å². The number of rotatable bonds is 13. The lowest BCUT2D eigenvalue weighted by Crippen LogP contribution is -2.21. The first kappa shape index (κ1) is 46.0. The molecule has 13 nitrogen and oxygen atoms in total. The van der Waals surface area contributed by atoms with Gasteiger partial charge in [0.05, 0.1) is 23.3 Å². The zero-order valence-electron chi connectivity index (χ0n) is 33.8. The number of nitrogens with zero attached hydrogens (tertiary/aromatic N) is 10. The van der Waals surface area contributed by atoms with Gasteiger partial charge in [-0.2, -0.15) is 20.3 Å². The van der Waals surface area contributed by atoms with Gasteiger partial charge in [0.1, 0.15) is 11.6 Å². The topological polar surface area (TPSA) is 183 Å². The second-order valence-corrected chi connectivity index (χ2v) is 13.0. The maximum absolute atomic E-state index is 12.2. The molecule has 0 amide bonds. The number of carbonyl (C=O) groups excluding carboxylic acids is 2. The van der Waals surface area contributed by atoms with Crippen LogP contribution in [-0.2, 0) is 30.5 Å². The Morgan fingerprint density at radius 3 is 1.60 bits per heavy atom. The number of nitriles is 2. The second-order valence-electron chi connectivity index (χ2n) is 12.5. The number of hydrogen-bond donors (Lipinski definition) is 1. The molecule has 58 heavy (non-hydrogen) atoms. The van der Waals surface area contributed by atoms with Crippen molar-refractivity contribution in [1.82, 2.24) is 44.8 Å². The monoisotopic (exact) mass is 799 g/mol. The molecule has 6 aromatic rings. The summed E-state index contributed by atoms with van der Waals surface area (Å²) < 4.78 is 1.39. The van der Waals surface area contributed by atoms with Crippen LogP contribution in [0.5, 0.6) is 0 Å². The van der Waals surface area contributed by atoms with Crippen LogP contribution in [0.15, 0.2) is 97.6 Å². The fraction of sp³-hybridized carbons (Fsp3) is 0.318. The highest BCUT2D eigenvalue weighted by molar-refractivity contribution is 6.63. The molecule has 0 unspecified atom stereocenters. The number of hydrogen-bond acceptors (Lipinski definition) is 11. The van der Waals surface area contributed by atoms with Crippen molar-refractivity contribution >= 4 is 22.8 Å². The van der Waals surface area contributed by atoms with Gasteiger partial charge >= 0.3 is 0 Å². The molecule has 0 bridgehead atoms. The Hall–Kier alpha value is -6.41. The van der Waals surface area contributed by atoms with E-state index in [9.17, 15) is 9.59 Å². The van der Waals surface area contributed by atoms with E-state index in [0.29, 0.717) is 54.3 Å². The highest BCUT2D eigenvalue weighted by Crippen LogP contribution is 2.17. The maximum atomic E-state index is 12.2. The van der Waals surface area contributed by atoms with Gasteiger partial charge in [-0.15, -0.1) is 5.10 Å². The Morgan fingerprint density at radius 2 is 1.19 bits per heavy atom. The Kier molecular flexibility index (Phi) is 20.4. The molecule has 0 aliphatic rings. The van der Waals surface area contributed by atoms with E-state index in [-0.39, 0.29) is 11.1 Å². The summed E-state index contributed by atoms with van der Waals surface area (Å²) in [6.07, 6.45) is 10.6. The lowest BCUT2D eigenvalue weighted by molar-refractivity contribution is -0.111. The normalized spacial score (nSPS) is 10.1. The maximum Gasteiger partial charge on any atom is 0.248 e. The highest BCUT2D eigenvalue weighted by Gasteiger charge is 2.16. The van der Waals surface area contributed by atoms with Crippen LogP contribution in [0, 0.1) is 22.7 Å². The van der Waals surface area contributed by atoms with Crippen molar-refractivity contribution in [3.05, 3.63) is 131 Å². The van der Waals surface area contributed by atoms with E-state index in [1.165, 1.54) is 29.9 Å². The molecule has 4 heterocycles. The highest BCUT2D eigenvalue weighted by atomic mass is 35.5. The third-order valence-corrected chi connectivity index (χ3v) is 8.92. The Bertz CT molecular complexity index is 2180. The molecule has 0 saturated carbocycles. The number of pyridine rings is 2. The zero-order valence-corrected chi connectivity index (χ0v) is 34.5. The summed E-state index contributed by atoms with van der Waals surface area (Å²) >= 11 is 4.82. The third-order valence-electron chi connectivity index (χ3n) is 8.66. The van der Waals surface area contributed by atoms with Crippen LogP contribution in [0.4, 0.5) is 0 Å². The molecule has 0 spiro atoms. The number of aromatic amines is 1. The van der Waals surface area contributed by atoms with Crippen LogP contribution in [0.3, 0.4) is 0 Å². The zero-order chi connectivity index (χ0) is 42.1. The minimum Gasteiger partial charge on any atom is -0.304 e. The fourth-order valence-corrected chi connectivity index (χ4v) is 5.19. The van der Waals surface area contributed by atoms with Gasteiger partial charge in [-0.3, -0.25) is 24.7 Å². The van der Waals surface area contributed by atoms with Gasteiger partial charge in [-0.1, -0.05) is 58.9 Å². The quantitative estimate of drug-likeness (QED) is 0.111. The van der Waals surface area contributed by atoms with Gasteiger partial charge in [-0.05, 0) is 104 Å². The van der Waals surface area contributed by atoms with Crippen molar-refractivity contribution < 1.29 is 9.59 Å². The largest absolute Gasteiger partial charge is 0.304 e. The number of halogens is 1. The lowest BCUT2D eigenvalue weighted by Gasteiger charge is -2.13. The molecule has 14 heteroatoms. The van der Waals surface area contributed by atoms with Gasteiger partial charge in [0, 0.05) is 61.6 Å². The van der Waals surface area contributed by atoms with Crippen LogP contribution < -0.4 is 0 Å². The van der Waals surface area contributed by atoms with Crippen LogP contribution in [0.25, 0.3) is 22.8 Å². The van der Waals surface area contributed by atoms with E-state index < -0.39 is 0 Å². The minimum absolute atomic E-state index is 0.0857. The van der Waals surface area contributed by atoms with Gasteiger partial charge < -0.3 is 4.90 Å². The Balaban J connectivity index is 0.000000245. The second kappa shape index (κ2) is 25.7. The van der Waals surface area contributed by atoms with E-state index in [1.54, 1.807) is 50.8 Å². The number of aryl methyl sites for hydroxylation is 4. The first-order valence-electron chi connectivity index (χ1n) is 19.3. The van der Waals surface area contributed by atoms with E-state index in [1.807, 2.05) is 60.7 Å². The van der Waals surface area contributed by atoms with E-state index >= 15 is 0 Å². The molecule has 300 valence electrons. The predicted molar refractivity (Wildman–Crippen MR) is 226 cm³/mol. The standard InChI is InChI=1S/C19H17N5O.C16H13N5.C6H15N.C3H5ClO/c1-2-18(25)24-17(10-9-14-5-7-15(12-20)8-6-14)22-19(23-24)16-4-3-11-21-13-16;17-10-13-5-3-12(4-6-13)7-8-15-19-16(21-20-15)14-2-1-9-18-11-14;1-4-7(5-2)6-3;1-2-3(4)5/h3-8,11,13H,2,9-10H2,1H3;1-6,9,11H,7-8H2,(H,19,20,21);4-6H2,1-3H3;2H2,1H3. The average molecular weight is 800 g/mol. The predicted octanol–water partition coefficient (Wildman–Crippen LogP) is 8.08. The molecule has 0 saturated heterocycles. The van der Waals surface area contributed by atoms with Crippen molar-refractivity contribution in [2.45, 2.75) is 73.1 Å². The number of nitrogens with one attached hydrogen (secondary N) is 1. The molecule has 0 fully saturated rings. The summed E-state index contributed by atoms with van der Waals surface area (Å²) in [5, 5.41) is 28.9. The summed E-state index contributed by atoms with van der Waals surface area (Å²) in [6, 6.07) is 26.7. The molecule has 6 rings (SSSR count). The molecule has 0 radical (unpaired) electrons. The summed E-state index contributed by atoms with van der Waals surface area (Å²) in [6.45, 7) is 13.6. The molecule has 0 atom stereocenters. The van der Waals surface area contributed by atoms with Gasteiger partial charge in [-0.25, -0.2) is 9.97 Å². The lowest BCUT2D eigenvalue weighted by atomic mass is 10.1. The van der Waals surface area contributed by atoms with Crippen molar-refractivity contribution in [3.63, 3.8) is 0 Å². The SMILES string of the molecule is CCC(=O)Cl.CCC(=O)n1nc(-c2cccnc2)nc1CCc1ccc(C#N)cc1.CCN(CC)CC.N#Cc1ccc(CCc2nc(-c3cccnc3)n[nH]2)cc1. The summed E-state index contributed by atoms with van der Waals surface area (Å²) in [5.41, 5.74) is 5.25. The van der Waals surface area contributed by atoms with Crippen molar-refractivity contribution in [2.75, 3.05) is 19.6 Å². The molecular formula is C44H50ClN11O2. The molecule has 0 aliphatic heterocycles. The first-order chi connectivity index (χ1) is 28.2. The number of aromatic nitrogens is 8. The Labute approximate surface area is 345 Å². The van der Waals surface area contributed by atoms with E-state index in [4.69, 9.17) is 22.1 Å². The van der Waals surface area contributed by atoms with Gasteiger partial charge in [0.15, 0.2) is 11.6 Å². The number of H-pyrrole nitrogens is 1. The summed E-state index contributed by atoms with van der Waals surface area (Å²) in [5.74, 6) is 2.56. The third kappa shape index (κ3) is 15.6. The van der Waals surface area contributed by atoms with Crippen LogP contribution in [-0.4, -0.2) is 75.6 Å². The smallest absolute Gasteiger partial charge is 0.248 e. The average Bonchev–Trinajstić information content (AvgIpc) is 3.95. The molecule has 0 aliphatic carbocycles. The van der Waals surface area contributed by atoms with E-state index in [2.05, 4.69) is 73.0 Å². The van der Waals surface area contributed by atoms with Gasteiger partial charge in [0.25, 0.3) is 0 Å². The Morgan fingerprint density at radius 1 is 0.690 bits per heavy atom. The molecule has 1 N–H and O–H groups in total. The molecule has 2 aromatic carbocycles. The van der Waals surface area contributed by atoms with Gasteiger partial charge in [0.2, 0.25) is 11.1 Å². The van der Waals surface area contributed by atoms with Crippen LogP contribution in [0.2, 0.25) is 0 Å². The molecular weight excluding hydrogens is 750 g/mol. The molecule has 4 aromatic heterocycles. The number of carbonyl (C=O) groups is 2. The van der Waals surface area contributed by atoms with Crippen molar-refractivity contribution in [2.24, 2.45) is 0 Å². The van der Waals surface area contributed by atoms with Crippen molar-refractivity contribution in [1.29, 1.82) is 10.5 Å². The number of benzene rings is 2. The fourth-order valence-electron chi connectivity index (χ4n) is 5.19.